The van der Waals surface area contributed by atoms with Crippen LogP contribution < -0.4 is 0 Å². The topological polar surface area (TPSA) is 0 Å². The van der Waals surface area contributed by atoms with E-state index >= 15 is 0 Å². The van der Waals surface area contributed by atoms with Crippen LogP contribution in [0, 0.1) is 11.8 Å². The van der Waals surface area contributed by atoms with Crippen molar-refractivity contribution < 1.29 is 0 Å². The molecule has 1 atom stereocenters. The van der Waals surface area contributed by atoms with Crippen LogP contribution >= 0.6 is 0 Å². The highest BCUT2D eigenvalue weighted by molar-refractivity contribution is 4.64. The van der Waals surface area contributed by atoms with Gasteiger partial charge in [-0.3, -0.25) is 0 Å². The Labute approximate surface area is 136 Å². The number of hydrogen-bond donors (Lipinski definition) is 0. The molecule has 0 aromatic heterocycles. The zero-order valence-corrected chi connectivity index (χ0v) is 15.8. The van der Waals surface area contributed by atoms with Crippen molar-refractivity contribution in [1.82, 2.24) is 0 Å². The molecule has 0 aromatic carbocycles. The van der Waals surface area contributed by atoms with E-state index in [4.69, 9.17) is 0 Å². The summed E-state index contributed by atoms with van der Waals surface area (Å²) in [7, 11) is 0. The maximum absolute atomic E-state index is 2.43. The molecule has 0 aliphatic rings. The maximum Gasteiger partial charge on any atom is -0.0391 e. The van der Waals surface area contributed by atoms with Crippen molar-refractivity contribution in [1.29, 1.82) is 0 Å². The third-order valence-corrected chi connectivity index (χ3v) is 5.05. The van der Waals surface area contributed by atoms with E-state index in [1.165, 1.54) is 96.3 Å². The summed E-state index contributed by atoms with van der Waals surface area (Å²) in [5, 5.41) is 0. The second kappa shape index (κ2) is 16.4. The van der Waals surface area contributed by atoms with Gasteiger partial charge < -0.3 is 0 Å². The van der Waals surface area contributed by atoms with E-state index in [0.29, 0.717) is 0 Å². The van der Waals surface area contributed by atoms with Crippen molar-refractivity contribution in [3.63, 3.8) is 0 Å². The molecular weight excluding hydrogens is 252 g/mol. The zero-order chi connectivity index (χ0) is 15.8. The molecule has 0 spiro atoms. The van der Waals surface area contributed by atoms with E-state index in [9.17, 15) is 0 Å². The molecule has 0 heterocycles. The molecule has 0 nitrogen and oxygen atoms in total. The molecule has 0 aliphatic heterocycles. The summed E-state index contributed by atoms with van der Waals surface area (Å²) >= 11 is 0. The smallest absolute Gasteiger partial charge is 0.0391 e. The van der Waals surface area contributed by atoms with E-state index in [-0.39, 0.29) is 0 Å². The highest BCUT2D eigenvalue weighted by atomic mass is 14.2. The predicted octanol–water partition coefficient (Wildman–Crippen LogP) is 8.15. The Morgan fingerprint density at radius 3 is 1.14 bits per heavy atom. The van der Waals surface area contributed by atoms with Gasteiger partial charge in [-0.05, 0) is 11.8 Å². The normalized spacial score (nSPS) is 13.0. The van der Waals surface area contributed by atoms with Crippen LogP contribution in [0.1, 0.15) is 124 Å². The first-order valence-electron chi connectivity index (χ1n) is 10.2. The predicted molar refractivity (Wildman–Crippen MR) is 98.9 cm³/mol. The third-order valence-electron chi connectivity index (χ3n) is 5.05. The molecule has 0 saturated carbocycles. The van der Waals surface area contributed by atoms with Crippen molar-refractivity contribution in [3.8, 4) is 0 Å². The van der Waals surface area contributed by atoms with Gasteiger partial charge in [0.2, 0.25) is 0 Å². The minimum absolute atomic E-state index is 0.890. The highest BCUT2D eigenvalue weighted by Crippen LogP contribution is 2.25. The molecule has 0 N–H and O–H groups in total. The summed E-state index contributed by atoms with van der Waals surface area (Å²) in [6.45, 7) is 9.47. The van der Waals surface area contributed by atoms with Gasteiger partial charge in [0.15, 0.2) is 0 Å². The summed E-state index contributed by atoms with van der Waals surface area (Å²) in [5.41, 5.74) is 0. The Balaban J connectivity index is 3.50. The number of hydrogen-bond acceptors (Lipinski definition) is 0. The Morgan fingerprint density at radius 2 is 0.810 bits per heavy atom. The molecule has 0 aliphatic carbocycles. The molecule has 0 heteroatoms. The lowest BCUT2D eigenvalue weighted by Gasteiger charge is -2.20. The maximum atomic E-state index is 2.43. The molecule has 0 radical (unpaired) electrons. The van der Waals surface area contributed by atoms with Crippen LogP contribution in [0.5, 0.6) is 0 Å². The Bertz CT molecular complexity index is 182. The number of rotatable bonds is 16. The van der Waals surface area contributed by atoms with Gasteiger partial charge in [0, 0.05) is 0 Å². The van der Waals surface area contributed by atoms with Crippen LogP contribution in [0.25, 0.3) is 0 Å². The molecule has 0 rings (SSSR count). The molecule has 0 amide bonds. The molecule has 0 bridgehead atoms. The molecule has 1 unspecified atom stereocenters. The monoisotopic (exact) mass is 296 g/mol. The largest absolute Gasteiger partial charge is 0.0654 e. The second-order valence-corrected chi connectivity index (χ2v) is 7.47. The Kier molecular flexibility index (Phi) is 16.4. The van der Waals surface area contributed by atoms with E-state index < -0.39 is 0 Å². The Morgan fingerprint density at radius 1 is 0.476 bits per heavy atom. The van der Waals surface area contributed by atoms with E-state index in [1.807, 2.05) is 0 Å². The van der Waals surface area contributed by atoms with Gasteiger partial charge in [-0.2, -0.15) is 0 Å². The summed E-state index contributed by atoms with van der Waals surface area (Å²) in [6.07, 6.45) is 21.8. The van der Waals surface area contributed by atoms with Crippen LogP contribution in [0.15, 0.2) is 0 Å². The molecule has 128 valence electrons. The van der Waals surface area contributed by atoms with Gasteiger partial charge in [0.05, 0.1) is 0 Å². The van der Waals surface area contributed by atoms with Gasteiger partial charge >= 0.3 is 0 Å². The van der Waals surface area contributed by atoms with E-state index in [0.717, 1.165) is 11.8 Å². The minimum atomic E-state index is 0.890. The average Bonchev–Trinajstić information content (AvgIpc) is 2.47. The zero-order valence-electron chi connectivity index (χ0n) is 15.8. The SMILES string of the molecule is CCCCCCCCCC(CCCCCCCC)C(C)C. The van der Waals surface area contributed by atoms with Crippen LogP contribution in [-0.4, -0.2) is 0 Å². The lowest BCUT2D eigenvalue weighted by atomic mass is 9.85. The van der Waals surface area contributed by atoms with E-state index in [2.05, 4.69) is 27.7 Å². The molecular formula is C21H44. The standard InChI is InChI=1S/C21H44/c1-5-7-9-11-13-15-17-19-21(20(3)4)18-16-14-12-10-8-6-2/h20-21H,5-19H2,1-4H3. The quantitative estimate of drug-likeness (QED) is 0.252. The van der Waals surface area contributed by atoms with Crippen LogP contribution in [0.3, 0.4) is 0 Å². The van der Waals surface area contributed by atoms with Crippen LogP contribution in [0.4, 0.5) is 0 Å². The van der Waals surface area contributed by atoms with Crippen molar-refractivity contribution >= 4 is 0 Å². The van der Waals surface area contributed by atoms with Gasteiger partial charge in [-0.25, -0.2) is 0 Å². The fourth-order valence-electron chi connectivity index (χ4n) is 3.36. The van der Waals surface area contributed by atoms with Gasteiger partial charge in [0.1, 0.15) is 0 Å². The first-order chi connectivity index (χ1) is 10.2. The summed E-state index contributed by atoms with van der Waals surface area (Å²) in [4.78, 5) is 0. The molecule has 21 heavy (non-hydrogen) atoms. The van der Waals surface area contributed by atoms with E-state index in [1.54, 1.807) is 0 Å². The van der Waals surface area contributed by atoms with Crippen LogP contribution in [-0.2, 0) is 0 Å². The summed E-state index contributed by atoms with van der Waals surface area (Å²) < 4.78 is 0. The number of unbranched alkanes of at least 4 members (excludes halogenated alkanes) is 11. The average molecular weight is 297 g/mol. The molecule has 0 aromatic rings. The van der Waals surface area contributed by atoms with Crippen LogP contribution in [0.2, 0.25) is 0 Å². The van der Waals surface area contributed by atoms with Crippen molar-refractivity contribution in [2.24, 2.45) is 11.8 Å². The minimum Gasteiger partial charge on any atom is -0.0654 e. The molecule has 0 saturated heterocycles. The summed E-state index contributed by atoms with van der Waals surface area (Å²) in [6, 6.07) is 0. The van der Waals surface area contributed by atoms with Gasteiger partial charge in [-0.15, -0.1) is 0 Å². The lowest BCUT2D eigenvalue weighted by molar-refractivity contribution is 0.312. The Hall–Kier alpha value is 0. The van der Waals surface area contributed by atoms with Crippen molar-refractivity contribution in [2.45, 2.75) is 124 Å². The molecule has 0 fully saturated rings. The highest BCUT2D eigenvalue weighted by Gasteiger charge is 2.12. The second-order valence-electron chi connectivity index (χ2n) is 7.47. The first-order valence-corrected chi connectivity index (χ1v) is 10.2. The van der Waals surface area contributed by atoms with Crippen molar-refractivity contribution in [2.75, 3.05) is 0 Å². The lowest BCUT2D eigenvalue weighted by Crippen LogP contribution is -2.08. The fourth-order valence-corrected chi connectivity index (χ4v) is 3.36. The third kappa shape index (κ3) is 14.7. The van der Waals surface area contributed by atoms with Gasteiger partial charge in [0.25, 0.3) is 0 Å². The van der Waals surface area contributed by atoms with Gasteiger partial charge in [-0.1, -0.05) is 124 Å². The first kappa shape index (κ1) is 21.0. The fraction of sp³-hybridized carbons (Fsp3) is 1.00. The summed E-state index contributed by atoms with van der Waals surface area (Å²) in [5.74, 6) is 1.88. The van der Waals surface area contributed by atoms with Crippen molar-refractivity contribution in [3.05, 3.63) is 0 Å².